The van der Waals surface area contributed by atoms with E-state index in [-0.39, 0.29) is 24.0 Å². The maximum absolute atomic E-state index is 10.3. The first-order valence-electron chi connectivity index (χ1n) is 12.6. The second-order valence-corrected chi connectivity index (χ2v) is 12.1. The van der Waals surface area contributed by atoms with E-state index in [9.17, 15) is 15.3 Å². The van der Waals surface area contributed by atoms with E-state index >= 15 is 0 Å². The van der Waals surface area contributed by atoms with Crippen LogP contribution in [0.15, 0.2) is 35.5 Å². The Hall–Kier alpha value is -0.900. The van der Waals surface area contributed by atoms with E-state index in [0.717, 1.165) is 19.3 Å². The van der Waals surface area contributed by atoms with Crippen LogP contribution in [0.25, 0.3) is 0 Å². The Kier molecular flexibility index (Phi) is 6.12. The van der Waals surface area contributed by atoms with Crippen molar-refractivity contribution in [2.75, 3.05) is 6.61 Å². The zero-order valence-corrected chi connectivity index (χ0v) is 20.3. The highest BCUT2D eigenvalue weighted by Crippen LogP contribution is 2.66. The fraction of sp³-hybridized carbons (Fsp3) is 0.786. The average Bonchev–Trinajstić information content (AvgIpc) is 3.09. The van der Waals surface area contributed by atoms with Crippen LogP contribution in [-0.4, -0.2) is 33.6 Å². The van der Waals surface area contributed by atoms with Gasteiger partial charge in [0.1, 0.15) is 0 Å². The van der Waals surface area contributed by atoms with E-state index < -0.39 is 5.60 Å². The summed E-state index contributed by atoms with van der Waals surface area (Å²) in [5, 5.41) is 30.0. The molecule has 0 spiro atoms. The zero-order valence-electron chi connectivity index (χ0n) is 20.3. The highest BCUT2D eigenvalue weighted by molar-refractivity contribution is 5.39. The van der Waals surface area contributed by atoms with Gasteiger partial charge in [0, 0.05) is 5.92 Å². The van der Waals surface area contributed by atoms with Gasteiger partial charge in [-0.3, -0.25) is 0 Å². The minimum Gasteiger partial charge on any atom is -0.393 e. The van der Waals surface area contributed by atoms with Crippen molar-refractivity contribution >= 4 is 0 Å². The predicted octanol–water partition coefficient (Wildman–Crippen LogP) is 5.42. The SMILES string of the molecule is C[C@H](C=C[C@H](C)C(C)(O)CO)[C@H]1CC[C@H]2C3=CC=C4C[C@@H](O)CC[C@@]4(C)[C@@H]3CC[C@]12C. The van der Waals surface area contributed by atoms with Crippen molar-refractivity contribution in [3.05, 3.63) is 35.5 Å². The molecule has 0 aliphatic heterocycles. The molecule has 9 atom stereocenters. The van der Waals surface area contributed by atoms with Gasteiger partial charge in [0.2, 0.25) is 0 Å². The van der Waals surface area contributed by atoms with Crippen molar-refractivity contribution < 1.29 is 15.3 Å². The van der Waals surface area contributed by atoms with Gasteiger partial charge in [-0.1, -0.05) is 63.1 Å². The lowest BCUT2D eigenvalue weighted by molar-refractivity contribution is -0.0266. The summed E-state index contributed by atoms with van der Waals surface area (Å²) in [5.41, 5.74) is 2.71. The van der Waals surface area contributed by atoms with E-state index in [0.29, 0.717) is 29.1 Å². The molecule has 0 aromatic heterocycles. The third-order valence-corrected chi connectivity index (χ3v) is 10.3. The van der Waals surface area contributed by atoms with E-state index in [1.54, 1.807) is 12.5 Å². The molecule has 3 heteroatoms. The minimum absolute atomic E-state index is 0.0631. The Morgan fingerprint density at radius 2 is 1.81 bits per heavy atom. The largest absolute Gasteiger partial charge is 0.393 e. The van der Waals surface area contributed by atoms with Crippen molar-refractivity contribution in [2.45, 2.75) is 91.3 Å². The molecular formula is C28H44O3. The van der Waals surface area contributed by atoms with Gasteiger partial charge in [-0.05, 0) is 86.4 Å². The molecule has 0 aromatic carbocycles. The number of hydrogen-bond acceptors (Lipinski definition) is 3. The Labute approximate surface area is 189 Å². The van der Waals surface area contributed by atoms with Crippen molar-refractivity contribution in [2.24, 2.45) is 40.4 Å². The summed E-state index contributed by atoms with van der Waals surface area (Å²) in [6, 6.07) is 0. The van der Waals surface area contributed by atoms with Crippen LogP contribution in [0, 0.1) is 40.4 Å². The number of aliphatic hydroxyl groups is 3. The molecule has 3 fully saturated rings. The van der Waals surface area contributed by atoms with Gasteiger partial charge in [0.15, 0.2) is 0 Å². The molecule has 31 heavy (non-hydrogen) atoms. The molecular weight excluding hydrogens is 384 g/mol. The highest BCUT2D eigenvalue weighted by atomic mass is 16.3. The third-order valence-electron chi connectivity index (χ3n) is 10.3. The second kappa shape index (κ2) is 8.15. The molecule has 0 heterocycles. The van der Waals surface area contributed by atoms with Crippen LogP contribution in [0.1, 0.15) is 79.6 Å². The Morgan fingerprint density at radius 3 is 2.52 bits per heavy atom. The van der Waals surface area contributed by atoms with Gasteiger partial charge in [0.05, 0.1) is 18.3 Å². The maximum atomic E-state index is 10.3. The van der Waals surface area contributed by atoms with Crippen LogP contribution >= 0.6 is 0 Å². The molecule has 3 N–H and O–H groups in total. The van der Waals surface area contributed by atoms with Crippen LogP contribution in [0.5, 0.6) is 0 Å². The first-order valence-corrected chi connectivity index (χ1v) is 12.6. The summed E-state index contributed by atoms with van der Waals surface area (Å²) < 4.78 is 0. The Bertz CT molecular complexity index is 777. The van der Waals surface area contributed by atoms with Crippen LogP contribution in [0.4, 0.5) is 0 Å². The molecule has 0 aromatic rings. The van der Waals surface area contributed by atoms with Gasteiger partial charge in [-0.25, -0.2) is 0 Å². The van der Waals surface area contributed by atoms with Gasteiger partial charge >= 0.3 is 0 Å². The van der Waals surface area contributed by atoms with Crippen molar-refractivity contribution in [1.29, 1.82) is 0 Å². The van der Waals surface area contributed by atoms with Crippen LogP contribution in [0.3, 0.4) is 0 Å². The number of aliphatic hydroxyl groups excluding tert-OH is 2. The summed E-state index contributed by atoms with van der Waals surface area (Å²) in [6.45, 7) is 10.8. The number of rotatable bonds is 5. The van der Waals surface area contributed by atoms with E-state index in [2.05, 4.69) is 45.1 Å². The molecule has 3 saturated carbocycles. The summed E-state index contributed by atoms with van der Waals surface area (Å²) in [7, 11) is 0. The smallest absolute Gasteiger partial charge is 0.0908 e. The summed E-state index contributed by atoms with van der Waals surface area (Å²) >= 11 is 0. The standard InChI is InChI=1S/C28H44O3/c1-18(6-7-19(2)28(5,31)17-29)23-10-11-24-22-9-8-20-16-21(30)12-14-26(20,3)25(22)13-15-27(23,24)4/h6-9,18-19,21,23-25,29-31H,10-17H2,1-5H3/t18-,19+,21+,23-,24+,25-,26-,27-,28?/m1/s1. The lowest BCUT2D eigenvalue weighted by atomic mass is 9.50. The van der Waals surface area contributed by atoms with E-state index in [1.165, 1.54) is 31.3 Å². The number of fused-ring (bicyclic) bond motifs is 5. The second-order valence-electron chi connectivity index (χ2n) is 12.1. The molecule has 4 aliphatic rings. The minimum atomic E-state index is -1.06. The van der Waals surface area contributed by atoms with E-state index in [4.69, 9.17) is 0 Å². The van der Waals surface area contributed by atoms with Gasteiger partial charge in [0.25, 0.3) is 0 Å². The molecule has 1 unspecified atom stereocenters. The first-order chi connectivity index (χ1) is 14.5. The topological polar surface area (TPSA) is 60.7 Å². The molecule has 0 radical (unpaired) electrons. The van der Waals surface area contributed by atoms with Crippen LogP contribution < -0.4 is 0 Å². The molecule has 0 saturated heterocycles. The van der Waals surface area contributed by atoms with Crippen LogP contribution in [0.2, 0.25) is 0 Å². The van der Waals surface area contributed by atoms with Crippen LogP contribution in [-0.2, 0) is 0 Å². The molecule has 174 valence electrons. The molecule has 4 aliphatic carbocycles. The number of allylic oxidation sites excluding steroid dienone is 4. The van der Waals surface area contributed by atoms with Crippen molar-refractivity contribution in [3.8, 4) is 0 Å². The number of hydrogen-bond donors (Lipinski definition) is 3. The predicted molar refractivity (Wildman–Crippen MR) is 126 cm³/mol. The Balaban J connectivity index is 1.54. The molecule has 0 amide bonds. The molecule has 4 rings (SSSR count). The van der Waals surface area contributed by atoms with Crippen molar-refractivity contribution in [1.82, 2.24) is 0 Å². The van der Waals surface area contributed by atoms with Gasteiger partial charge in [-0.2, -0.15) is 0 Å². The normalized spacial score (nSPS) is 43.9. The molecule has 0 bridgehead atoms. The monoisotopic (exact) mass is 428 g/mol. The van der Waals surface area contributed by atoms with E-state index in [1.807, 2.05) is 6.92 Å². The fourth-order valence-corrected chi connectivity index (χ4v) is 7.71. The highest BCUT2D eigenvalue weighted by Gasteiger charge is 2.56. The lowest BCUT2D eigenvalue weighted by Crippen LogP contribution is -2.46. The summed E-state index contributed by atoms with van der Waals surface area (Å²) in [6.07, 6.45) is 17.1. The quantitative estimate of drug-likeness (QED) is 0.513. The van der Waals surface area contributed by atoms with Gasteiger partial charge in [-0.15, -0.1) is 0 Å². The first kappa shape index (κ1) is 23.3. The lowest BCUT2D eigenvalue weighted by Gasteiger charge is -2.55. The zero-order chi connectivity index (χ0) is 22.6. The van der Waals surface area contributed by atoms with Gasteiger partial charge < -0.3 is 15.3 Å². The summed E-state index contributed by atoms with van der Waals surface area (Å²) in [4.78, 5) is 0. The Morgan fingerprint density at radius 1 is 1.06 bits per heavy atom. The fourth-order valence-electron chi connectivity index (χ4n) is 7.71. The average molecular weight is 429 g/mol. The molecule has 3 nitrogen and oxygen atoms in total. The third kappa shape index (κ3) is 3.79. The maximum Gasteiger partial charge on any atom is 0.0908 e. The van der Waals surface area contributed by atoms with Crippen molar-refractivity contribution in [3.63, 3.8) is 0 Å². The summed E-state index contributed by atoms with van der Waals surface area (Å²) in [5.74, 6) is 2.40.